The van der Waals surface area contributed by atoms with Gasteiger partial charge in [0.05, 0.1) is 37.6 Å². The van der Waals surface area contributed by atoms with Gasteiger partial charge in [-0.25, -0.2) is 4.79 Å². The van der Waals surface area contributed by atoms with Gasteiger partial charge in [0, 0.05) is 58.5 Å². The summed E-state index contributed by atoms with van der Waals surface area (Å²) in [6.07, 6.45) is 12.0. The van der Waals surface area contributed by atoms with Crippen molar-refractivity contribution in [2.24, 2.45) is 40.9 Å². The van der Waals surface area contributed by atoms with Gasteiger partial charge in [-0.3, -0.25) is 24.0 Å². The van der Waals surface area contributed by atoms with Crippen molar-refractivity contribution in [3.05, 3.63) is 47.6 Å². The maximum absolute atomic E-state index is 14.8. The van der Waals surface area contributed by atoms with Crippen LogP contribution in [0.5, 0.6) is 0 Å². The first-order chi connectivity index (χ1) is 37.5. The number of carbonyl (C=O) groups excluding carboxylic acids is 6. The quantitative estimate of drug-likeness (QED) is 0.0935. The molecule has 0 spiro atoms. The Hall–Kier alpha value is -3.72. The Kier molecular flexibility index (Phi) is 24.5. The molecule has 1 aliphatic carbocycles. The lowest BCUT2D eigenvalue weighted by Gasteiger charge is -2.43. The molecule has 14 unspecified atom stereocenters. The van der Waals surface area contributed by atoms with Crippen molar-refractivity contribution in [2.45, 2.75) is 226 Å². The summed E-state index contributed by atoms with van der Waals surface area (Å²) in [4.78, 5) is 87.6. The molecular formula is C62H99NO16Si. The number of hydrogen-bond acceptors (Lipinski definition) is 16. The molecule has 5 rings (SSSR count). The summed E-state index contributed by atoms with van der Waals surface area (Å²) in [5.74, 6) is -9.08. The second-order valence-electron chi connectivity index (χ2n) is 25.7. The van der Waals surface area contributed by atoms with Crippen LogP contribution in [0.2, 0.25) is 19.6 Å². The van der Waals surface area contributed by atoms with Gasteiger partial charge in [0.2, 0.25) is 5.79 Å². The highest BCUT2D eigenvalue weighted by Gasteiger charge is 2.53. The number of methoxy groups -OCH3 is 3. The number of rotatable bonds is 10. The summed E-state index contributed by atoms with van der Waals surface area (Å²) >= 11 is 0. The van der Waals surface area contributed by atoms with Crippen molar-refractivity contribution in [3.63, 3.8) is 0 Å². The van der Waals surface area contributed by atoms with Crippen LogP contribution in [-0.2, 0) is 71.1 Å². The molecule has 4 fully saturated rings. The predicted molar refractivity (Wildman–Crippen MR) is 305 cm³/mol. The molecule has 452 valence electrons. The summed E-state index contributed by atoms with van der Waals surface area (Å²) in [5.41, 5.74) is 0.561. The zero-order valence-corrected chi connectivity index (χ0v) is 52.2. The number of Topliss-reactive ketones (excluding diaryl/α,β-unsaturated/α-hetero) is 3. The number of ether oxygens (including phenoxy) is 8. The number of ketones is 3. The molecule has 2 bridgehead atoms. The topological polar surface area (TPSA) is 209 Å². The van der Waals surface area contributed by atoms with E-state index in [0.717, 1.165) is 5.57 Å². The number of piperidine rings is 1. The second-order valence-corrected chi connectivity index (χ2v) is 30.2. The number of hydrogen-bond donors (Lipinski definition) is 1. The van der Waals surface area contributed by atoms with E-state index in [1.54, 1.807) is 48.8 Å². The summed E-state index contributed by atoms with van der Waals surface area (Å²) in [5, 5.41) is 12.1. The molecule has 1 N–H and O–H groups in total. The van der Waals surface area contributed by atoms with E-state index in [0.29, 0.717) is 69.8 Å². The van der Waals surface area contributed by atoms with Crippen LogP contribution >= 0.6 is 0 Å². The third-order valence-corrected chi connectivity index (χ3v) is 18.1. The van der Waals surface area contributed by atoms with Crippen molar-refractivity contribution >= 4 is 43.5 Å². The first kappa shape index (κ1) is 67.1. The van der Waals surface area contributed by atoms with Crippen molar-refractivity contribution in [1.29, 1.82) is 0 Å². The van der Waals surface area contributed by atoms with Crippen molar-refractivity contribution in [2.75, 3.05) is 41.1 Å². The Morgan fingerprint density at radius 3 is 2.14 bits per heavy atom. The van der Waals surface area contributed by atoms with Crippen LogP contribution in [0.4, 0.5) is 0 Å². The highest BCUT2D eigenvalue weighted by Crippen LogP contribution is 2.40. The van der Waals surface area contributed by atoms with Crippen molar-refractivity contribution in [1.82, 2.24) is 4.90 Å². The zero-order valence-electron chi connectivity index (χ0n) is 51.2. The first-order valence-electron chi connectivity index (χ1n) is 29.4. The highest BCUT2D eigenvalue weighted by molar-refractivity contribution is 6.69. The smallest absolute Gasteiger partial charge is 0.329 e. The van der Waals surface area contributed by atoms with E-state index in [1.807, 2.05) is 83.8 Å². The highest BCUT2D eigenvalue weighted by atomic mass is 28.4. The van der Waals surface area contributed by atoms with Gasteiger partial charge in [0.1, 0.15) is 35.6 Å². The van der Waals surface area contributed by atoms with Gasteiger partial charge in [0.15, 0.2) is 19.9 Å². The van der Waals surface area contributed by atoms with Crippen LogP contribution in [0.1, 0.15) is 146 Å². The molecule has 18 heteroatoms. The molecule has 17 nitrogen and oxygen atoms in total. The van der Waals surface area contributed by atoms with Gasteiger partial charge in [-0.15, -0.1) is 0 Å². The number of esters is 2. The lowest BCUT2D eigenvalue weighted by molar-refractivity contribution is -0.283. The number of nitrogens with zero attached hydrogens (tertiary/aromatic N) is 1. The Balaban J connectivity index is 1.48. The van der Waals surface area contributed by atoms with E-state index in [-0.39, 0.29) is 61.9 Å². The molecule has 1 amide bonds. The molecule has 5 aliphatic rings. The average molecular weight is 1140 g/mol. The summed E-state index contributed by atoms with van der Waals surface area (Å²) in [6, 6.07) is -1.17. The predicted octanol–water partition coefficient (Wildman–Crippen LogP) is 9.38. The number of aliphatic hydroxyl groups is 1. The minimum Gasteiger partial charge on any atom is -0.460 e. The summed E-state index contributed by atoms with van der Waals surface area (Å²) < 4.78 is 55.0. The second kappa shape index (κ2) is 29.2. The van der Waals surface area contributed by atoms with Gasteiger partial charge in [0.25, 0.3) is 11.7 Å². The maximum atomic E-state index is 14.8. The third kappa shape index (κ3) is 17.9. The monoisotopic (exact) mass is 1140 g/mol. The standard InChI is InChI=1S/C62H99NO16Si/c1-38-22-18-17-19-23-39(2)50(71-11)34-46-27-25-44(7)62(70,78-46)56(66)57(67)63-29-21-20-24-47(63)58(68)76-51(35-48(64)40(3)31-43(6)54(79-80(14,15)16)55(73-13)53(65)42(5)30-38)41(4)32-45-26-28-49(52(33-45)72-12)77-59(69)61(10)36-74-60(8,9)75-37-61/h17-19,22-23,31,38,40-42,44-47,49-52,54-55,70H,20-21,24-30,32-37H2,1-16H3/b19-17+,22-18+,39-23+,43-31+/t38?,40?,41?,42?,44?,45?,46?,47-,49?,50?,51?,52?,54?,55?,62?/m0/s1. The molecule has 0 aromatic heterocycles. The van der Waals surface area contributed by atoms with Crippen LogP contribution in [-0.4, -0.2) is 155 Å². The number of allylic oxidation sites excluding steroid dienone is 6. The van der Waals surface area contributed by atoms with Gasteiger partial charge < -0.3 is 52.3 Å². The molecule has 1 saturated carbocycles. The lowest BCUT2D eigenvalue weighted by atomic mass is 9.78. The Bertz CT molecular complexity index is 2260. The van der Waals surface area contributed by atoms with E-state index in [9.17, 15) is 33.9 Å². The van der Waals surface area contributed by atoms with E-state index in [1.165, 1.54) is 12.0 Å². The molecule has 15 atom stereocenters. The van der Waals surface area contributed by atoms with E-state index in [4.69, 9.17) is 42.3 Å². The Morgan fingerprint density at radius 2 is 1.50 bits per heavy atom. The SMILES string of the molecule is COC1CC2CCC(C)C(O)(O2)C(=O)C(=O)N2CCCC[C@H]2C(=O)OC(C(C)CC2CCC(OC(=O)C3(C)COC(C)(C)OC3)C(OC)C2)CC(=O)C(C)/C=C(\C)C(O[Si](C)(C)C)C(OC)C(=O)C(C)CC(C)/C=C/C=C/C=C/1C. The Labute approximate surface area is 478 Å². The fraction of sp³-hybridized carbons (Fsp3) is 0.774. The third-order valence-electron chi connectivity index (χ3n) is 17.1. The van der Waals surface area contributed by atoms with E-state index in [2.05, 4.69) is 6.92 Å². The lowest BCUT2D eigenvalue weighted by Crippen LogP contribution is -2.61. The molecule has 4 aliphatic heterocycles. The number of amides is 1. The average Bonchev–Trinajstić information content (AvgIpc) is 3.40. The fourth-order valence-corrected chi connectivity index (χ4v) is 13.0. The van der Waals surface area contributed by atoms with Crippen molar-refractivity contribution < 1.29 is 76.2 Å². The maximum Gasteiger partial charge on any atom is 0.329 e. The molecule has 3 saturated heterocycles. The van der Waals surface area contributed by atoms with Gasteiger partial charge in [-0.2, -0.15) is 0 Å². The number of carbonyl (C=O) groups is 6. The largest absolute Gasteiger partial charge is 0.460 e. The molecule has 0 aromatic rings. The van der Waals surface area contributed by atoms with Gasteiger partial charge in [-0.05, 0) is 147 Å². The molecule has 4 heterocycles. The summed E-state index contributed by atoms with van der Waals surface area (Å²) in [6.45, 7) is 25.0. The number of cyclic esters (lactones) is 1. The van der Waals surface area contributed by atoms with Crippen LogP contribution < -0.4 is 0 Å². The van der Waals surface area contributed by atoms with Crippen LogP contribution in [0.3, 0.4) is 0 Å². The minimum absolute atomic E-state index is 0.0263. The minimum atomic E-state index is -2.45. The van der Waals surface area contributed by atoms with Gasteiger partial charge in [-0.1, -0.05) is 71.1 Å². The molecule has 0 radical (unpaired) electrons. The Morgan fingerprint density at radius 1 is 0.812 bits per heavy atom. The zero-order chi connectivity index (χ0) is 59.5. The van der Waals surface area contributed by atoms with Gasteiger partial charge >= 0.3 is 11.9 Å². The summed E-state index contributed by atoms with van der Waals surface area (Å²) in [7, 11) is 2.36. The van der Waals surface area contributed by atoms with E-state index < -0.39 is 115 Å². The van der Waals surface area contributed by atoms with Crippen molar-refractivity contribution in [3.8, 4) is 0 Å². The molecule has 0 aromatic carbocycles. The first-order valence-corrected chi connectivity index (χ1v) is 32.8. The van der Waals surface area contributed by atoms with Crippen LogP contribution in [0.25, 0.3) is 0 Å². The fourth-order valence-electron chi connectivity index (χ4n) is 11.9. The van der Waals surface area contributed by atoms with Crippen LogP contribution in [0, 0.1) is 40.9 Å². The van der Waals surface area contributed by atoms with Crippen LogP contribution in [0.15, 0.2) is 47.6 Å². The van der Waals surface area contributed by atoms with E-state index >= 15 is 0 Å². The molecular weight excluding hydrogens is 1040 g/mol. The molecule has 80 heavy (non-hydrogen) atoms. The normalized spacial score (nSPS) is 37.7. The number of fused-ring (bicyclic) bond motifs is 3.